The summed E-state index contributed by atoms with van der Waals surface area (Å²) in [5.41, 5.74) is 2.83. The van der Waals surface area contributed by atoms with Crippen molar-refractivity contribution < 1.29 is 24.1 Å². The van der Waals surface area contributed by atoms with E-state index in [1.807, 2.05) is 49.5 Å². The third-order valence-electron chi connectivity index (χ3n) is 6.68. The fourth-order valence-corrected chi connectivity index (χ4v) is 4.75. The number of hydrogen-bond donors (Lipinski definition) is 1. The summed E-state index contributed by atoms with van der Waals surface area (Å²) in [6, 6.07) is 17.7. The third kappa shape index (κ3) is 7.80. The largest absolute Gasteiger partial charge is 0.497 e. The Hall–Kier alpha value is -2.91. The number of ether oxygens (including phenoxy) is 4. The fourth-order valence-electron chi connectivity index (χ4n) is 4.75. The Morgan fingerprint density at radius 3 is 2.71 bits per heavy atom. The Labute approximate surface area is 226 Å². The molecule has 1 saturated heterocycles. The van der Waals surface area contributed by atoms with Gasteiger partial charge in [-0.1, -0.05) is 49.7 Å². The number of aliphatic hydroxyl groups is 1. The number of benzene rings is 2. The highest BCUT2D eigenvalue weighted by Crippen LogP contribution is 2.35. The highest BCUT2D eigenvalue weighted by Gasteiger charge is 2.26. The molecule has 0 aliphatic carbocycles. The maximum absolute atomic E-state index is 10.9. The maximum Gasteiger partial charge on any atom is 0.222 e. The van der Waals surface area contributed by atoms with Gasteiger partial charge in [-0.15, -0.1) is 0 Å². The summed E-state index contributed by atoms with van der Waals surface area (Å²) in [5.74, 6) is 2.05. The zero-order valence-electron chi connectivity index (χ0n) is 22.8. The number of nitrogens with zero attached hydrogens (tertiary/aromatic N) is 3. The summed E-state index contributed by atoms with van der Waals surface area (Å²) in [5, 5.41) is 15.7. The van der Waals surface area contributed by atoms with E-state index in [1.54, 1.807) is 11.8 Å². The van der Waals surface area contributed by atoms with E-state index in [2.05, 4.69) is 24.0 Å². The summed E-state index contributed by atoms with van der Waals surface area (Å²) in [6.07, 6.45) is 3.68. The van der Waals surface area contributed by atoms with Gasteiger partial charge in [-0.05, 0) is 31.4 Å². The minimum absolute atomic E-state index is 0.141. The number of aliphatic hydroxyl groups excluding tert-OH is 1. The molecule has 2 heterocycles. The normalized spacial score (nSPS) is 16.2. The molecule has 1 aromatic heterocycles. The predicted octanol–water partition coefficient (Wildman–Crippen LogP) is 5.05. The Balaban J connectivity index is 1.63. The second kappa shape index (κ2) is 14.3. The molecule has 0 amide bonds. The smallest absolute Gasteiger partial charge is 0.222 e. The molecule has 1 fully saturated rings. The van der Waals surface area contributed by atoms with Gasteiger partial charge >= 0.3 is 0 Å². The topological polar surface area (TPSA) is 78.2 Å². The second-order valence-electron chi connectivity index (χ2n) is 9.81. The van der Waals surface area contributed by atoms with Crippen molar-refractivity contribution in [1.29, 1.82) is 0 Å². The van der Waals surface area contributed by atoms with Crippen LogP contribution in [0.4, 0.5) is 0 Å². The number of rotatable bonds is 15. The second-order valence-corrected chi connectivity index (χ2v) is 9.81. The lowest BCUT2D eigenvalue weighted by Gasteiger charge is -2.28. The zero-order valence-corrected chi connectivity index (χ0v) is 22.8. The summed E-state index contributed by atoms with van der Waals surface area (Å²) in [4.78, 5) is 2.24. The lowest BCUT2D eigenvalue weighted by atomic mass is 10.1. The van der Waals surface area contributed by atoms with Gasteiger partial charge < -0.3 is 24.1 Å². The van der Waals surface area contributed by atoms with Crippen molar-refractivity contribution in [3.8, 4) is 28.6 Å². The molecule has 0 spiro atoms. The van der Waals surface area contributed by atoms with Crippen LogP contribution in [0.25, 0.3) is 11.3 Å². The molecule has 3 aromatic rings. The molecule has 2 atom stereocenters. The summed E-state index contributed by atoms with van der Waals surface area (Å²) in [6.45, 7) is 5.62. The van der Waals surface area contributed by atoms with Crippen LogP contribution in [0.5, 0.6) is 17.4 Å². The third-order valence-corrected chi connectivity index (χ3v) is 6.68. The number of hydrogen-bond acceptors (Lipinski definition) is 7. The molecule has 0 bridgehead atoms. The molecule has 2 aromatic carbocycles. The van der Waals surface area contributed by atoms with Crippen LogP contribution in [0.2, 0.25) is 0 Å². The number of methoxy groups -OCH3 is 1. The van der Waals surface area contributed by atoms with Crippen molar-refractivity contribution in [2.45, 2.75) is 51.4 Å². The van der Waals surface area contributed by atoms with E-state index in [1.165, 1.54) is 0 Å². The van der Waals surface area contributed by atoms with Crippen molar-refractivity contribution in [2.24, 2.45) is 7.05 Å². The van der Waals surface area contributed by atoms with Crippen LogP contribution < -0.4 is 9.47 Å². The van der Waals surface area contributed by atoms with Gasteiger partial charge in [-0.25, -0.2) is 4.68 Å². The first-order chi connectivity index (χ1) is 18.6. The summed E-state index contributed by atoms with van der Waals surface area (Å²) in [7, 11) is 3.54. The van der Waals surface area contributed by atoms with Gasteiger partial charge in [0.2, 0.25) is 5.88 Å². The van der Waals surface area contributed by atoms with E-state index < -0.39 is 6.10 Å². The first kappa shape index (κ1) is 28.1. The van der Waals surface area contributed by atoms with Crippen molar-refractivity contribution >= 4 is 0 Å². The molecule has 0 saturated carbocycles. The maximum atomic E-state index is 10.9. The molecule has 4 rings (SSSR count). The van der Waals surface area contributed by atoms with Gasteiger partial charge in [0.1, 0.15) is 17.2 Å². The first-order valence-corrected chi connectivity index (χ1v) is 13.6. The Morgan fingerprint density at radius 2 is 1.97 bits per heavy atom. The monoisotopic (exact) mass is 523 g/mol. The quantitative estimate of drug-likeness (QED) is 0.280. The minimum atomic E-state index is -0.604. The SMILES string of the molecule is CCCCOCC(O)CN(Cc1c(-c2ccccc2)nn(C)c1Oc1cccc(OC)c1)CC1CCCO1. The lowest BCUT2D eigenvalue weighted by molar-refractivity contribution is 0.00144. The van der Waals surface area contributed by atoms with Crippen molar-refractivity contribution in [3.05, 3.63) is 60.2 Å². The molecule has 38 heavy (non-hydrogen) atoms. The van der Waals surface area contributed by atoms with Crippen LogP contribution in [0.1, 0.15) is 38.2 Å². The molecule has 0 radical (unpaired) electrons. The van der Waals surface area contributed by atoms with E-state index in [9.17, 15) is 5.11 Å². The van der Waals surface area contributed by atoms with Gasteiger partial charge in [0, 0.05) is 51.5 Å². The van der Waals surface area contributed by atoms with Gasteiger partial charge in [0.15, 0.2) is 0 Å². The van der Waals surface area contributed by atoms with Crippen molar-refractivity contribution in [3.63, 3.8) is 0 Å². The number of aryl methyl sites for hydroxylation is 1. The molecule has 8 heteroatoms. The minimum Gasteiger partial charge on any atom is -0.497 e. The Kier molecular flexibility index (Phi) is 10.6. The average molecular weight is 524 g/mol. The van der Waals surface area contributed by atoms with E-state index in [4.69, 9.17) is 24.0 Å². The van der Waals surface area contributed by atoms with Gasteiger partial charge in [-0.3, -0.25) is 4.90 Å². The van der Waals surface area contributed by atoms with Crippen LogP contribution in [-0.4, -0.2) is 72.0 Å². The highest BCUT2D eigenvalue weighted by molar-refractivity contribution is 5.65. The number of unbranched alkanes of at least 4 members (excludes halogenated alkanes) is 1. The highest BCUT2D eigenvalue weighted by atomic mass is 16.5. The van der Waals surface area contributed by atoms with Gasteiger partial charge in [0.05, 0.1) is 31.5 Å². The predicted molar refractivity (Wildman–Crippen MR) is 148 cm³/mol. The van der Waals surface area contributed by atoms with Crippen LogP contribution in [0.15, 0.2) is 54.6 Å². The van der Waals surface area contributed by atoms with Crippen LogP contribution in [-0.2, 0) is 23.1 Å². The van der Waals surface area contributed by atoms with Crippen LogP contribution >= 0.6 is 0 Å². The van der Waals surface area contributed by atoms with Gasteiger partial charge in [-0.2, -0.15) is 5.10 Å². The first-order valence-electron chi connectivity index (χ1n) is 13.6. The average Bonchev–Trinajstić information content (AvgIpc) is 3.55. The zero-order chi connectivity index (χ0) is 26.7. The molecule has 1 aliphatic rings. The standard InChI is InChI=1S/C30H41N3O5/c1-4-5-16-36-22-24(34)19-33(20-27-15-10-17-37-27)21-28-29(23-11-7-6-8-12-23)31-32(2)30(28)38-26-14-9-13-25(18-26)35-3/h6-9,11-14,18,24,27,34H,4-5,10,15-17,19-22H2,1-3H3. The van der Waals surface area contributed by atoms with Gasteiger partial charge in [0.25, 0.3) is 0 Å². The summed E-state index contributed by atoms with van der Waals surface area (Å²) >= 11 is 0. The van der Waals surface area contributed by atoms with Crippen LogP contribution in [0, 0.1) is 0 Å². The molecular formula is C30H41N3O5. The van der Waals surface area contributed by atoms with Crippen LogP contribution in [0.3, 0.4) is 0 Å². The van der Waals surface area contributed by atoms with E-state index in [-0.39, 0.29) is 6.10 Å². The van der Waals surface area contributed by atoms with Crippen molar-refractivity contribution in [1.82, 2.24) is 14.7 Å². The molecule has 1 N–H and O–H groups in total. The Morgan fingerprint density at radius 1 is 1.16 bits per heavy atom. The molecular weight excluding hydrogens is 482 g/mol. The van der Waals surface area contributed by atoms with E-state index in [0.29, 0.717) is 44.5 Å². The molecule has 8 nitrogen and oxygen atoms in total. The number of aromatic nitrogens is 2. The summed E-state index contributed by atoms with van der Waals surface area (Å²) < 4.78 is 25.3. The lowest BCUT2D eigenvalue weighted by Crippen LogP contribution is -2.39. The Bertz CT molecular complexity index is 1110. The molecule has 1 aliphatic heterocycles. The van der Waals surface area contributed by atoms with E-state index >= 15 is 0 Å². The fraction of sp³-hybridized carbons (Fsp3) is 0.500. The van der Waals surface area contributed by atoms with Crippen molar-refractivity contribution in [2.75, 3.05) is 40.0 Å². The van der Waals surface area contributed by atoms with E-state index in [0.717, 1.165) is 54.9 Å². The molecule has 2 unspecified atom stereocenters. The molecule has 206 valence electrons.